The molecule has 82 valence electrons. The van der Waals surface area contributed by atoms with Gasteiger partial charge in [0, 0.05) is 12.6 Å². The molecule has 0 bridgehead atoms. The van der Waals surface area contributed by atoms with Crippen molar-refractivity contribution in [3.63, 3.8) is 0 Å². The fourth-order valence-electron chi connectivity index (χ4n) is 2.75. The molecule has 0 aromatic heterocycles. The van der Waals surface area contributed by atoms with Crippen LogP contribution in [0.25, 0.3) is 0 Å². The van der Waals surface area contributed by atoms with Crippen LogP contribution in [0.15, 0.2) is 0 Å². The first-order chi connectivity index (χ1) is 6.77. The highest BCUT2D eigenvalue weighted by molar-refractivity contribution is 7.74. The maximum Gasteiger partial charge on any atom is 0.319 e. The average molecular weight is 219 g/mol. The number of hydrogen-bond acceptors (Lipinski definition) is 3. The van der Waals surface area contributed by atoms with Crippen molar-refractivity contribution < 1.29 is 13.0 Å². The van der Waals surface area contributed by atoms with Gasteiger partial charge in [0.15, 0.2) is 0 Å². The van der Waals surface area contributed by atoms with Gasteiger partial charge in [0.05, 0.1) is 0 Å². The number of fused-ring (bicyclic) bond motifs is 1. The molecule has 0 aromatic rings. The van der Waals surface area contributed by atoms with Gasteiger partial charge in [-0.05, 0) is 31.6 Å². The molecule has 1 aliphatic carbocycles. The molecule has 1 saturated carbocycles. The Bertz CT molecular complexity index is 222. The lowest BCUT2D eigenvalue weighted by Gasteiger charge is -2.41. The topological polar surface area (TPSA) is 49.8 Å². The van der Waals surface area contributed by atoms with Gasteiger partial charge >= 0.3 is 11.4 Å². The third-order valence-electron chi connectivity index (χ3n) is 3.35. The maximum absolute atomic E-state index is 10.6. The second kappa shape index (κ2) is 4.70. The minimum Gasteiger partial charge on any atom is -0.283 e. The van der Waals surface area contributed by atoms with Crippen LogP contribution in [0.2, 0.25) is 0 Å². The molecular formula is C9H17NO3S. The highest BCUT2D eigenvalue weighted by Crippen LogP contribution is 2.35. The molecule has 3 unspecified atom stereocenters. The van der Waals surface area contributed by atoms with E-state index in [-0.39, 0.29) is 0 Å². The molecule has 0 radical (unpaired) electrons. The first kappa shape index (κ1) is 10.5. The van der Waals surface area contributed by atoms with Gasteiger partial charge in [0.1, 0.15) is 0 Å². The van der Waals surface area contributed by atoms with Crippen molar-refractivity contribution in [3.05, 3.63) is 0 Å². The molecule has 1 heterocycles. The Balaban J connectivity index is 1.97. The van der Waals surface area contributed by atoms with E-state index >= 15 is 0 Å². The molecule has 4 nitrogen and oxygen atoms in total. The summed E-state index contributed by atoms with van der Waals surface area (Å²) in [7, 11) is 0. The Morgan fingerprint density at radius 1 is 1.21 bits per heavy atom. The van der Waals surface area contributed by atoms with E-state index in [1.54, 1.807) is 5.06 Å². The molecule has 2 rings (SSSR count). The third kappa shape index (κ3) is 2.34. The molecule has 1 N–H and O–H groups in total. The Hall–Kier alpha value is 0.0300. The van der Waals surface area contributed by atoms with Crippen LogP contribution in [0.4, 0.5) is 0 Å². The molecule has 1 saturated heterocycles. The summed E-state index contributed by atoms with van der Waals surface area (Å²) in [5, 5.41) is 1.74. The number of hydroxylamine groups is 2. The van der Waals surface area contributed by atoms with E-state index in [9.17, 15) is 4.21 Å². The zero-order chi connectivity index (χ0) is 9.97. The highest BCUT2D eigenvalue weighted by Gasteiger charge is 2.34. The van der Waals surface area contributed by atoms with Gasteiger partial charge in [-0.15, -0.1) is 0 Å². The number of hydrogen-bond donors (Lipinski definition) is 1. The normalized spacial score (nSPS) is 36.4. The quantitative estimate of drug-likeness (QED) is 0.718. The van der Waals surface area contributed by atoms with Gasteiger partial charge in [0.25, 0.3) is 0 Å². The Morgan fingerprint density at radius 3 is 2.71 bits per heavy atom. The third-order valence-corrected chi connectivity index (χ3v) is 3.67. The van der Waals surface area contributed by atoms with Crippen molar-refractivity contribution in [1.82, 2.24) is 5.06 Å². The van der Waals surface area contributed by atoms with Crippen molar-refractivity contribution in [1.29, 1.82) is 0 Å². The lowest BCUT2D eigenvalue weighted by atomic mass is 9.79. The second-order valence-electron chi connectivity index (χ2n) is 4.19. The molecule has 0 spiro atoms. The van der Waals surface area contributed by atoms with Crippen molar-refractivity contribution in [2.75, 3.05) is 6.54 Å². The van der Waals surface area contributed by atoms with E-state index in [2.05, 4.69) is 0 Å². The molecule has 3 atom stereocenters. The monoisotopic (exact) mass is 219 g/mol. The van der Waals surface area contributed by atoms with Crippen LogP contribution in [0.5, 0.6) is 0 Å². The predicted molar refractivity (Wildman–Crippen MR) is 53.5 cm³/mol. The van der Waals surface area contributed by atoms with E-state index in [0.29, 0.717) is 12.0 Å². The average Bonchev–Trinajstić information content (AvgIpc) is 2.18. The standard InChI is InChI=1S/C9H17NO3S/c11-14(12)13-10-7-3-5-8-4-1-2-6-9(8)10/h8-9H,1-7H2,(H,11,12). The fourth-order valence-corrected chi connectivity index (χ4v) is 3.10. The van der Waals surface area contributed by atoms with Crippen LogP contribution >= 0.6 is 0 Å². The van der Waals surface area contributed by atoms with Gasteiger partial charge < -0.3 is 0 Å². The smallest absolute Gasteiger partial charge is 0.283 e. The van der Waals surface area contributed by atoms with E-state index in [4.69, 9.17) is 8.84 Å². The minimum atomic E-state index is -2.15. The summed E-state index contributed by atoms with van der Waals surface area (Å²) < 4.78 is 24.2. The largest absolute Gasteiger partial charge is 0.319 e. The first-order valence-electron chi connectivity index (χ1n) is 5.33. The zero-order valence-electron chi connectivity index (χ0n) is 8.22. The molecule has 0 aromatic carbocycles. The van der Waals surface area contributed by atoms with Gasteiger partial charge in [-0.1, -0.05) is 12.8 Å². The van der Waals surface area contributed by atoms with E-state index < -0.39 is 11.4 Å². The summed E-state index contributed by atoms with van der Waals surface area (Å²) in [5.41, 5.74) is 0. The van der Waals surface area contributed by atoms with Crippen LogP contribution in [0, 0.1) is 5.92 Å². The van der Waals surface area contributed by atoms with E-state index in [1.807, 2.05) is 0 Å². The second-order valence-corrected chi connectivity index (χ2v) is 4.77. The van der Waals surface area contributed by atoms with E-state index in [1.165, 1.54) is 25.7 Å². The van der Waals surface area contributed by atoms with Gasteiger partial charge in [-0.25, -0.2) is 0 Å². The zero-order valence-corrected chi connectivity index (χ0v) is 9.04. The van der Waals surface area contributed by atoms with Crippen LogP contribution < -0.4 is 0 Å². The fraction of sp³-hybridized carbons (Fsp3) is 1.00. The van der Waals surface area contributed by atoms with Crippen LogP contribution in [-0.4, -0.2) is 26.4 Å². The molecular weight excluding hydrogens is 202 g/mol. The highest BCUT2D eigenvalue weighted by atomic mass is 32.2. The molecule has 2 aliphatic rings. The first-order valence-corrected chi connectivity index (χ1v) is 6.36. The Labute approximate surface area is 87.1 Å². The molecule has 5 heteroatoms. The summed E-state index contributed by atoms with van der Waals surface area (Å²) in [4.78, 5) is 0. The summed E-state index contributed by atoms with van der Waals surface area (Å²) >= 11 is -2.15. The van der Waals surface area contributed by atoms with E-state index in [0.717, 1.165) is 19.4 Å². The Kier molecular flexibility index (Phi) is 3.54. The summed E-state index contributed by atoms with van der Waals surface area (Å²) in [6, 6.07) is 0.383. The number of nitrogens with zero attached hydrogens (tertiary/aromatic N) is 1. The van der Waals surface area contributed by atoms with Gasteiger partial charge in [-0.3, -0.25) is 4.55 Å². The lowest BCUT2D eigenvalue weighted by Crippen LogP contribution is -2.46. The molecule has 14 heavy (non-hydrogen) atoms. The lowest BCUT2D eigenvalue weighted by molar-refractivity contribution is -0.136. The Morgan fingerprint density at radius 2 is 1.93 bits per heavy atom. The summed E-state index contributed by atoms with van der Waals surface area (Å²) in [6.45, 7) is 0.799. The predicted octanol–water partition coefficient (Wildman–Crippen LogP) is 1.71. The molecule has 2 fully saturated rings. The maximum atomic E-state index is 10.6. The minimum absolute atomic E-state index is 0.383. The van der Waals surface area contributed by atoms with Crippen molar-refractivity contribution >= 4 is 11.4 Å². The molecule has 1 aliphatic heterocycles. The van der Waals surface area contributed by atoms with Crippen LogP contribution in [-0.2, 0) is 15.6 Å². The van der Waals surface area contributed by atoms with Crippen molar-refractivity contribution in [2.24, 2.45) is 5.92 Å². The summed E-state index contributed by atoms with van der Waals surface area (Å²) in [5.74, 6) is 0.682. The molecule has 0 amide bonds. The van der Waals surface area contributed by atoms with Crippen LogP contribution in [0.3, 0.4) is 0 Å². The van der Waals surface area contributed by atoms with Crippen molar-refractivity contribution in [3.8, 4) is 0 Å². The summed E-state index contributed by atoms with van der Waals surface area (Å²) in [6.07, 6.45) is 7.22. The number of piperidine rings is 1. The van der Waals surface area contributed by atoms with Gasteiger partial charge in [-0.2, -0.15) is 13.6 Å². The number of rotatable bonds is 2. The van der Waals surface area contributed by atoms with Gasteiger partial charge in [0.2, 0.25) is 0 Å². The van der Waals surface area contributed by atoms with Crippen LogP contribution in [0.1, 0.15) is 38.5 Å². The van der Waals surface area contributed by atoms with Crippen molar-refractivity contribution in [2.45, 2.75) is 44.6 Å². The SMILES string of the molecule is O=S(O)ON1CCCC2CCCCC21.